The van der Waals surface area contributed by atoms with Crippen molar-refractivity contribution in [2.45, 2.75) is 19.3 Å². The van der Waals surface area contributed by atoms with E-state index in [9.17, 15) is 0 Å². The lowest BCUT2D eigenvalue weighted by molar-refractivity contribution is 0.625. The molecule has 0 radical (unpaired) electrons. The summed E-state index contributed by atoms with van der Waals surface area (Å²) in [6.45, 7) is 4.80. The summed E-state index contributed by atoms with van der Waals surface area (Å²) in [5.41, 5.74) is 20.0. The van der Waals surface area contributed by atoms with E-state index in [1.54, 1.807) is 0 Å². The van der Waals surface area contributed by atoms with Gasteiger partial charge in [0.15, 0.2) is 0 Å². The summed E-state index contributed by atoms with van der Waals surface area (Å²) in [5, 5.41) is 2.53. The van der Waals surface area contributed by atoms with Crippen LogP contribution in [0.4, 0.5) is 28.4 Å². The number of hydrogen-bond donors (Lipinski definition) is 0. The molecule has 1 aliphatic carbocycles. The molecular weight excluding hydrogens is 689 g/mol. The molecule has 0 bridgehead atoms. The number of allylic oxidation sites excluding steroid dienone is 1. The molecule has 0 amide bonds. The smallest absolute Gasteiger partial charge is 0.333 e. The van der Waals surface area contributed by atoms with Crippen molar-refractivity contribution < 1.29 is 0 Å². The number of fused-ring (bicyclic) bond motifs is 8. The summed E-state index contributed by atoms with van der Waals surface area (Å²) < 4.78 is 2.71. The summed E-state index contributed by atoms with van der Waals surface area (Å²) in [6, 6.07) is 71.5. The van der Waals surface area contributed by atoms with Crippen molar-refractivity contribution in [2.75, 3.05) is 9.80 Å². The fourth-order valence-electron chi connectivity index (χ4n) is 10.5. The van der Waals surface area contributed by atoms with E-state index in [1.807, 2.05) is 0 Å². The fourth-order valence-corrected chi connectivity index (χ4v) is 10.5. The van der Waals surface area contributed by atoms with Crippen LogP contribution in [0.2, 0.25) is 0 Å². The number of aromatic nitrogens is 1. The summed E-state index contributed by atoms with van der Waals surface area (Å²) in [6.07, 6.45) is 0. The molecule has 8 aromatic carbocycles. The Bertz CT molecular complexity index is 3110. The first kappa shape index (κ1) is 32.2. The van der Waals surface area contributed by atoms with Gasteiger partial charge in [0.1, 0.15) is 0 Å². The number of rotatable bonds is 5. The van der Waals surface area contributed by atoms with Gasteiger partial charge in [-0.1, -0.05) is 159 Å². The topological polar surface area (TPSA) is 11.4 Å². The summed E-state index contributed by atoms with van der Waals surface area (Å²) in [5.74, 6) is 0. The van der Waals surface area contributed by atoms with Crippen LogP contribution in [-0.2, 0) is 5.41 Å². The highest BCUT2D eigenvalue weighted by Crippen LogP contribution is 2.57. The van der Waals surface area contributed by atoms with E-state index in [0.29, 0.717) is 0 Å². The number of para-hydroxylation sites is 4. The van der Waals surface area contributed by atoms with Crippen molar-refractivity contribution in [1.82, 2.24) is 4.48 Å². The molecule has 0 fully saturated rings. The third-order valence-corrected chi connectivity index (χ3v) is 12.7. The lowest BCUT2D eigenvalue weighted by atomic mass is 9.43. The second-order valence-corrected chi connectivity index (χ2v) is 16.0. The van der Waals surface area contributed by atoms with E-state index in [1.165, 1.54) is 83.2 Å². The van der Waals surface area contributed by atoms with Crippen molar-refractivity contribution in [2.24, 2.45) is 0 Å². The lowest BCUT2D eigenvalue weighted by Gasteiger charge is -2.43. The highest BCUT2D eigenvalue weighted by Gasteiger charge is 2.52. The van der Waals surface area contributed by atoms with Gasteiger partial charge in [-0.25, -0.2) is 0 Å². The van der Waals surface area contributed by atoms with Gasteiger partial charge in [0.05, 0.1) is 11.4 Å². The first-order valence-electron chi connectivity index (χ1n) is 20.0. The maximum atomic E-state index is 2.71. The van der Waals surface area contributed by atoms with Crippen LogP contribution < -0.4 is 15.3 Å². The van der Waals surface area contributed by atoms with Crippen LogP contribution >= 0.6 is 0 Å². The SMILES string of the molecule is CC1(C)C2=C(B3c4c(cccc4N2c2ccccc2)-c2cccc4c5c(N(c6ccccc6)c6ccccc6-c6ccccc6)cccc5n3c24)c2ccccc21. The zero-order chi connectivity index (χ0) is 37.8. The monoisotopic (exact) mass is 727 g/mol. The van der Waals surface area contributed by atoms with Crippen LogP contribution in [0.25, 0.3) is 49.5 Å². The fraction of sp³-hybridized carbons (Fsp3) is 0.0566. The molecule has 3 heterocycles. The quantitative estimate of drug-likeness (QED) is 0.164. The Hall–Kier alpha value is -7.04. The third-order valence-electron chi connectivity index (χ3n) is 12.7. The molecule has 0 saturated heterocycles. The lowest BCUT2D eigenvalue weighted by Crippen LogP contribution is -2.50. The van der Waals surface area contributed by atoms with Gasteiger partial charge in [-0.15, -0.1) is 0 Å². The van der Waals surface area contributed by atoms with Crippen molar-refractivity contribution >= 4 is 68.0 Å². The minimum Gasteiger partial charge on any atom is -0.375 e. The number of anilines is 5. The number of benzene rings is 8. The molecule has 1 aromatic heterocycles. The van der Waals surface area contributed by atoms with E-state index in [4.69, 9.17) is 0 Å². The average Bonchev–Trinajstić information content (AvgIpc) is 3.73. The van der Waals surface area contributed by atoms with Gasteiger partial charge < -0.3 is 14.3 Å². The predicted molar refractivity (Wildman–Crippen MR) is 241 cm³/mol. The maximum Gasteiger partial charge on any atom is 0.333 e. The highest BCUT2D eigenvalue weighted by atomic mass is 15.2. The van der Waals surface area contributed by atoms with Crippen LogP contribution in [0.15, 0.2) is 200 Å². The third kappa shape index (κ3) is 4.38. The zero-order valence-corrected chi connectivity index (χ0v) is 31.9. The Morgan fingerprint density at radius 1 is 0.509 bits per heavy atom. The van der Waals surface area contributed by atoms with Crippen molar-refractivity contribution in [3.8, 4) is 22.3 Å². The molecule has 0 N–H and O–H groups in total. The van der Waals surface area contributed by atoms with Crippen LogP contribution in [0.3, 0.4) is 0 Å². The van der Waals surface area contributed by atoms with Crippen LogP contribution in [0.1, 0.15) is 25.0 Å². The largest absolute Gasteiger partial charge is 0.375 e. The summed E-state index contributed by atoms with van der Waals surface area (Å²) in [4.78, 5) is 5.05. The first-order valence-corrected chi connectivity index (χ1v) is 20.0. The Morgan fingerprint density at radius 3 is 1.93 bits per heavy atom. The van der Waals surface area contributed by atoms with Gasteiger partial charge in [0.2, 0.25) is 0 Å². The van der Waals surface area contributed by atoms with Gasteiger partial charge in [0, 0.05) is 61.1 Å². The molecule has 12 rings (SSSR count). The van der Waals surface area contributed by atoms with Gasteiger partial charge in [-0.3, -0.25) is 0 Å². The van der Waals surface area contributed by atoms with E-state index in [-0.39, 0.29) is 12.3 Å². The van der Waals surface area contributed by atoms with Gasteiger partial charge in [-0.2, -0.15) is 0 Å². The molecule has 3 nitrogen and oxygen atoms in total. The molecule has 9 aromatic rings. The normalized spacial score (nSPS) is 14.5. The molecule has 0 spiro atoms. The number of nitrogens with zero attached hydrogens (tertiary/aromatic N) is 3. The molecule has 2 aliphatic heterocycles. The van der Waals surface area contributed by atoms with Crippen molar-refractivity contribution in [1.29, 1.82) is 0 Å². The Balaban J connectivity index is 1.21. The molecule has 4 heteroatoms. The van der Waals surface area contributed by atoms with Crippen LogP contribution in [-0.4, -0.2) is 11.3 Å². The molecule has 3 aliphatic rings. The Morgan fingerprint density at radius 2 is 1.12 bits per heavy atom. The zero-order valence-electron chi connectivity index (χ0n) is 31.9. The summed E-state index contributed by atoms with van der Waals surface area (Å²) in [7, 11) is 0. The van der Waals surface area contributed by atoms with Gasteiger partial charge in [0.25, 0.3) is 0 Å². The second kappa shape index (κ2) is 12.0. The van der Waals surface area contributed by atoms with E-state index in [2.05, 4.69) is 222 Å². The van der Waals surface area contributed by atoms with E-state index < -0.39 is 0 Å². The molecule has 0 saturated carbocycles. The minimum atomic E-state index is -0.231. The van der Waals surface area contributed by atoms with E-state index in [0.717, 1.165) is 17.1 Å². The molecule has 268 valence electrons. The average molecular weight is 728 g/mol. The number of hydrogen-bond acceptors (Lipinski definition) is 2. The summed E-state index contributed by atoms with van der Waals surface area (Å²) >= 11 is 0. The first-order chi connectivity index (χ1) is 28.1. The Labute approximate surface area is 333 Å². The highest BCUT2D eigenvalue weighted by molar-refractivity contribution is 6.93. The Kier molecular flexibility index (Phi) is 6.77. The maximum absolute atomic E-state index is 2.71. The molecule has 57 heavy (non-hydrogen) atoms. The van der Waals surface area contributed by atoms with Gasteiger partial charge >= 0.3 is 6.85 Å². The molecule has 0 unspecified atom stereocenters. The van der Waals surface area contributed by atoms with E-state index >= 15 is 0 Å². The molecule has 0 atom stereocenters. The van der Waals surface area contributed by atoms with Crippen LogP contribution in [0, 0.1) is 0 Å². The molecular formula is C53H38BN3. The van der Waals surface area contributed by atoms with Gasteiger partial charge in [-0.05, 0) is 81.7 Å². The van der Waals surface area contributed by atoms with Crippen molar-refractivity contribution in [3.63, 3.8) is 0 Å². The predicted octanol–water partition coefficient (Wildman–Crippen LogP) is 13.1. The standard InChI is InChI=1S/C53H38BN3/c1-53(2)43-30-14-12-26-41(43)50-52(53)56(37-23-10-5-11-24-37)47-34-17-27-39-40-28-16-29-42-48-45(32-18-33-46(48)57(51(40)42)54(50)49(39)47)55(36-21-8-4-9-22-36)44-31-15-13-25-38(44)35-19-6-3-7-20-35/h3-34H,1-2H3. The van der Waals surface area contributed by atoms with Crippen molar-refractivity contribution in [3.05, 3.63) is 211 Å². The van der Waals surface area contributed by atoms with Crippen LogP contribution in [0.5, 0.6) is 0 Å². The second-order valence-electron chi connectivity index (χ2n) is 16.0. The minimum absolute atomic E-state index is 0.0268.